The summed E-state index contributed by atoms with van der Waals surface area (Å²) in [4.78, 5) is 48.6. The molecule has 1 aromatic carbocycles. The number of aromatic nitrogens is 2. The highest BCUT2D eigenvalue weighted by atomic mass is 19.1. The molecule has 0 fully saturated rings. The number of benzene rings is 1. The van der Waals surface area contributed by atoms with Crippen molar-refractivity contribution >= 4 is 17.6 Å². The molecular formula is C14H12FN3O5. The Bertz CT molecular complexity index is 900. The molecule has 0 aliphatic heterocycles. The van der Waals surface area contributed by atoms with Gasteiger partial charge in [0, 0.05) is 7.05 Å². The van der Waals surface area contributed by atoms with E-state index in [4.69, 9.17) is 10.5 Å². The number of anilines is 1. The summed E-state index contributed by atoms with van der Waals surface area (Å²) in [6.07, 6.45) is 0. The highest BCUT2D eigenvalue weighted by Crippen LogP contribution is 2.07. The molecule has 0 aliphatic carbocycles. The van der Waals surface area contributed by atoms with Crippen LogP contribution in [-0.4, -0.2) is 27.9 Å². The van der Waals surface area contributed by atoms with Crippen LogP contribution in [0.25, 0.3) is 0 Å². The predicted octanol–water partition coefficient (Wildman–Crippen LogP) is -0.165. The molecule has 8 nitrogen and oxygen atoms in total. The summed E-state index contributed by atoms with van der Waals surface area (Å²) in [5.41, 5.74) is 3.23. The number of carbonyl (C=O) groups excluding carboxylic acids is 2. The van der Waals surface area contributed by atoms with Crippen LogP contribution in [0.5, 0.6) is 0 Å². The molecule has 0 spiro atoms. The molecule has 0 atom stereocenters. The van der Waals surface area contributed by atoms with Crippen molar-refractivity contribution in [1.29, 1.82) is 0 Å². The average Bonchev–Trinajstić information content (AvgIpc) is 2.50. The summed E-state index contributed by atoms with van der Waals surface area (Å²) in [7, 11) is 1.27. The third-order valence-electron chi connectivity index (χ3n) is 3.04. The number of carbonyl (C=O) groups is 2. The Balaban J connectivity index is 2.18. The standard InChI is InChI=1S/C14H12FN3O5/c1-18-11(16)10(12(20)17-14(18)22)9(19)6-23-13(21)7-3-2-4-8(15)5-7/h2-5H,6,16H2,1H3,(H,17,20,22). The second-order valence-electron chi connectivity index (χ2n) is 4.59. The molecule has 0 radical (unpaired) electrons. The molecule has 0 bridgehead atoms. The topological polar surface area (TPSA) is 124 Å². The number of aromatic amines is 1. The quantitative estimate of drug-likeness (QED) is 0.595. The van der Waals surface area contributed by atoms with Crippen LogP contribution in [0.3, 0.4) is 0 Å². The number of hydrogen-bond acceptors (Lipinski definition) is 6. The summed E-state index contributed by atoms with van der Waals surface area (Å²) in [5, 5.41) is 0. The number of nitrogens with two attached hydrogens (primary N) is 1. The summed E-state index contributed by atoms with van der Waals surface area (Å²) in [6, 6.07) is 4.71. The van der Waals surface area contributed by atoms with E-state index < -0.39 is 41.0 Å². The van der Waals surface area contributed by atoms with E-state index in [1.807, 2.05) is 4.98 Å². The van der Waals surface area contributed by atoms with Crippen LogP contribution in [0.15, 0.2) is 33.9 Å². The normalized spacial score (nSPS) is 10.3. The molecule has 0 unspecified atom stereocenters. The van der Waals surface area contributed by atoms with E-state index in [-0.39, 0.29) is 11.4 Å². The highest BCUT2D eigenvalue weighted by molar-refractivity contribution is 6.02. The van der Waals surface area contributed by atoms with Gasteiger partial charge in [0.05, 0.1) is 5.56 Å². The highest BCUT2D eigenvalue weighted by Gasteiger charge is 2.20. The van der Waals surface area contributed by atoms with Gasteiger partial charge in [-0.25, -0.2) is 14.0 Å². The van der Waals surface area contributed by atoms with Gasteiger partial charge in [0.1, 0.15) is 17.2 Å². The molecule has 0 amide bonds. The summed E-state index contributed by atoms with van der Waals surface area (Å²) >= 11 is 0. The fourth-order valence-corrected chi connectivity index (χ4v) is 1.81. The van der Waals surface area contributed by atoms with E-state index in [9.17, 15) is 23.6 Å². The van der Waals surface area contributed by atoms with E-state index in [2.05, 4.69) is 0 Å². The third-order valence-corrected chi connectivity index (χ3v) is 3.04. The van der Waals surface area contributed by atoms with Crippen LogP contribution in [-0.2, 0) is 11.8 Å². The Morgan fingerprint density at radius 2 is 2.04 bits per heavy atom. The minimum Gasteiger partial charge on any atom is -0.454 e. The molecular weight excluding hydrogens is 309 g/mol. The first kappa shape index (κ1) is 16.1. The molecule has 0 saturated carbocycles. The number of H-pyrrole nitrogens is 1. The third kappa shape index (κ3) is 3.34. The molecule has 2 rings (SSSR count). The zero-order chi connectivity index (χ0) is 17.1. The summed E-state index contributed by atoms with van der Waals surface area (Å²) < 4.78 is 18.6. The van der Waals surface area contributed by atoms with Crippen LogP contribution >= 0.6 is 0 Å². The monoisotopic (exact) mass is 321 g/mol. The molecule has 3 N–H and O–H groups in total. The van der Waals surface area contributed by atoms with Gasteiger partial charge in [-0.15, -0.1) is 0 Å². The minimum atomic E-state index is -0.975. The van der Waals surface area contributed by atoms with E-state index in [1.54, 1.807) is 0 Å². The second kappa shape index (κ2) is 6.26. The van der Waals surface area contributed by atoms with Crippen molar-refractivity contribution in [3.63, 3.8) is 0 Å². The lowest BCUT2D eigenvalue weighted by Gasteiger charge is -2.08. The fourth-order valence-electron chi connectivity index (χ4n) is 1.81. The Morgan fingerprint density at radius 3 is 2.70 bits per heavy atom. The Morgan fingerprint density at radius 1 is 1.35 bits per heavy atom. The van der Waals surface area contributed by atoms with Crippen molar-refractivity contribution in [1.82, 2.24) is 9.55 Å². The number of halogens is 1. The number of Topliss-reactive ketones (excluding diaryl/α,β-unsaturated/α-hetero) is 1. The van der Waals surface area contributed by atoms with Gasteiger partial charge in [-0.3, -0.25) is 19.1 Å². The van der Waals surface area contributed by atoms with E-state index in [0.29, 0.717) is 0 Å². The van der Waals surface area contributed by atoms with Gasteiger partial charge in [0.25, 0.3) is 5.56 Å². The molecule has 120 valence electrons. The SMILES string of the molecule is Cn1c(N)c(C(=O)COC(=O)c2cccc(F)c2)c(=O)[nH]c1=O. The van der Waals surface area contributed by atoms with Crippen LogP contribution < -0.4 is 17.0 Å². The maximum Gasteiger partial charge on any atom is 0.338 e. The number of hydrogen-bond donors (Lipinski definition) is 2. The van der Waals surface area contributed by atoms with Crippen LogP contribution in [0.4, 0.5) is 10.2 Å². The Kier molecular flexibility index (Phi) is 4.39. The molecule has 1 heterocycles. The first-order valence-corrected chi connectivity index (χ1v) is 6.36. The van der Waals surface area contributed by atoms with E-state index >= 15 is 0 Å². The van der Waals surface area contributed by atoms with Gasteiger partial charge in [-0.1, -0.05) is 6.07 Å². The van der Waals surface area contributed by atoms with Crippen LogP contribution in [0.1, 0.15) is 20.7 Å². The fraction of sp³-hybridized carbons (Fsp3) is 0.143. The van der Waals surface area contributed by atoms with Gasteiger partial charge in [0.15, 0.2) is 6.61 Å². The van der Waals surface area contributed by atoms with Gasteiger partial charge in [-0.05, 0) is 18.2 Å². The van der Waals surface area contributed by atoms with E-state index in [1.165, 1.54) is 19.2 Å². The summed E-state index contributed by atoms with van der Waals surface area (Å²) in [6.45, 7) is -0.777. The predicted molar refractivity (Wildman–Crippen MR) is 77.7 cm³/mol. The number of nitrogens with one attached hydrogen (secondary N) is 1. The smallest absolute Gasteiger partial charge is 0.338 e. The molecule has 0 saturated heterocycles. The molecule has 1 aromatic heterocycles. The molecule has 23 heavy (non-hydrogen) atoms. The number of nitrogen functional groups attached to an aromatic ring is 1. The number of ether oxygens (including phenoxy) is 1. The number of ketones is 1. The largest absolute Gasteiger partial charge is 0.454 e. The van der Waals surface area contributed by atoms with Crippen LogP contribution in [0, 0.1) is 5.82 Å². The van der Waals surface area contributed by atoms with Crippen molar-refractivity contribution < 1.29 is 18.7 Å². The Hall–Kier alpha value is -3.23. The zero-order valence-electron chi connectivity index (χ0n) is 12.0. The van der Waals surface area contributed by atoms with Crippen molar-refractivity contribution in [3.05, 3.63) is 62.0 Å². The first-order chi connectivity index (χ1) is 10.8. The molecule has 0 aliphatic rings. The number of nitrogens with zero attached hydrogens (tertiary/aromatic N) is 1. The molecule has 2 aromatic rings. The van der Waals surface area contributed by atoms with Gasteiger partial charge >= 0.3 is 11.7 Å². The minimum absolute atomic E-state index is 0.0832. The lowest BCUT2D eigenvalue weighted by Crippen LogP contribution is -2.35. The van der Waals surface area contributed by atoms with Gasteiger partial charge in [0.2, 0.25) is 5.78 Å². The van der Waals surface area contributed by atoms with Crippen LogP contribution in [0.2, 0.25) is 0 Å². The second-order valence-corrected chi connectivity index (χ2v) is 4.59. The lowest BCUT2D eigenvalue weighted by molar-refractivity contribution is 0.0474. The Labute approximate surface area is 128 Å². The maximum absolute atomic E-state index is 13.0. The molecule has 9 heteroatoms. The van der Waals surface area contributed by atoms with Gasteiger partial charge < -0.3 is 10.5 Å². The first-order valence-electron chi connectivity index (χ1n) is 6.36. The van der Waals surface area contributed by atoms with Crippen molar-refractivity contribution in [2.24, 2.45) is 7.05 Å². The van der Waals surface area contributed by atoms with Crippen molar-refractivity contribution in [2.75, 3.05) is 12.3 Å². The van der Waals surface area contributed by atoms with E-state index in [0.717, 1.165) is 16.7 Å². The zero-order valence-corrected chi connectivity index (χ0v) is 12.0. The maximum atomic E-state index is 13.0. The average molecular weight is 321 g/mol. The number of rotatable bonds is 4. The lowest BCUT2D eigenvalue weighted by atomic mass is 10.2. The van der Waals surface area contributed by atoms with Gasteiger partial charge in [-0.2, -0.15) is 0 Å². The summed E-state index contributed by atoms with van der Waals surface area (Å²) in [5.74, 6) is -2.79. The number of esters is 1. The van der Waals surface area contributed by atoms with Crippen molar-refractivity contribution in [2.45, 2.75) is 0 Å². The van der Waals surface area contributed by atoms with Crippen molar-refractivity contribution in [3.8, 4) is 0 Å².